The Labute approximate surface area is 122 Å². The minimum Gasteiger partial charge on any atom is -0.497 e. The van der Waals surface area contributed by atoms with Gasteiger partial charge in [-0.05, 0) is 36.6 Å². The number of nitro groups is 1. The van der Waals surface area contributed by atoms with Crippen LogP contribution in [0, 0.1) is 17.0 Å². The summed E-state index contributed by atoms with van der Waals surface area (Å²) in [5, 5.41) is 13.8. The highest BCUT2D eigenvalue weighted by atomic mass is 16.6. The van der Waals surface area contributed by atoms with E-state index in [9.17, 15) is 10.1 Å². The molecule has 0 atom stereocenters. The SMILES string of the molecule is COc1ccc(CCNc2ncc([N+](=O)[O-])cc2C)cc1. The maximum Gasteiger partial charge on any atom is 0.287 e. The average Bonchev–Trinajstić information content (AvgIpc) is 2.49. The predicted octanol–water partition coefficient (Wildman–Crippen LogP) is 2.96. The molecule has 6 nitrogen and oxygen atoms in total. The summed E-state index contributed by atoms with van der Waals surface area (Å²) in [5.41, 5.74) is 1.95. The second-order valence-electron chi connectivity index (χ2n) is 4.64. The summed E-state index contributed by atoms with van der Waals surface area (Å²) in [5.74, 6) is 1.51. The predicted molar refractivity (Wildman–Crippen MR) is 80.8 cm³/mol. The van der Waals surface area contributed by atoms with Crippen LogP contribution in [0.4, 0.5) is 11.5 Å². The molecule has 1 aromatic heterocycles. The van der Waals surface area contributed by atoms with Crippen molar-refractivity contribution in [3.8, 4) is 5.75 Å². The summed E-state index contributed by atoms with van der Waals surface area (Å²) in [7, 11) is 1.64. The largest absolute Gasteiger partial charge is 0.497 e. The number of anilines is 1. The quantitative estimate of drug-likeness (QED) is 0.653. The molecule has 0 fully saturated rings. The molecule has 1 aromatic carbocycles. The Bertz CT molecular complexity index is 627. The highest BCUT2D eigenvalue weighted by molar-refractivity contribution is 5.48. The second kappa shape index (κ2) is 6.69. The van der Waals surface area contributed by atoms with Crippen LogP contribution >= 0.6 is 0 Å². The summed E-state index contributed by atoms with van der Waals surface area (Å²) >= 11 is 0. The first-order chi connectivity index (χ1) is 10.1. The molecule has 1 heterocycles. The van der Waals surface area contributed by atoms with E-state index < -0.39 is 4.92 Å². The van der Waals surface area contributed by atoms with E-state index in [1.165, 1.54) is 17.8 Å². The van der Waals surface area contributed by atoms with E-state index in [1.807, 2.05) is 24.3 Å². The number of methoxy groups -OCH3 is 1. The lowest BCUT2D eigenvalue weighted by Gasteiger charge is -2.08. The first-order valence-electron chi connectivity index (χ1n) is 6.58. The van der Waals surface area contributed by atoms with Gasteiger partial charge in [0.25, 0.3) is 5.69 Å². The number of rotatable bonds is 6. The van der Waals surface area contributed by atoms with Crippen LogP contribution in [0.3, 0.4) is 0 Å². The van der Waals surface area contributed by atoms with Crippen LogP contribution in [0.2, 0.25) is 0 Å². The molecular formula is C15H17N3O3. The normalized spacial score (nSPS) is 10.2. The summed E-state index contributed by atoms with van der Waals surface area (Å²) < 4.78 is 5.11. The maximum atomic E-state index is 10.7. The minimum atomic E-state index is -0.443. The third-order valence-electron chi connectivity index (χ3n) is 3.14. The highest BCUT2D eigenvalue weighted by Gasteiger charge is 2.08. The summed E-state index contributed by atoms with van der Waals surface area (Å²) in [4.78, 5) is 14.3. The van der Waals surface area contributed by atoms with E-state index in [-0.39, 0.29) is 5.69 Å². The minimum absolute atomic E-state index is 0.00760. The summed E-state index contributed by atoms with van der Waals surface area (Å²) in [6, 6.07) is 9.38. The maximum absolute atomic E-state index is 10.7. The monoisotopic (exact) mass is 287 g/mol. The number of pyridine rings is 1. The van der Waals surface area contributed by atoms with Crippen molar-refractivity contribution in [1.29, 1.82) is 0 Å². The Balaban J connectivity index is 1.92. The molecule has 110 valence electrons. The van der Waals surface area contributed by atoms with Gasteiger partial charge in [-0.1, -0.05) is 12.1 Å². The number of aryl methyl sites for hydroxylation is 1. The molecular weight excluding hydrogens is 270 g/mol. The Kier molecular flexibility index (Phi) is 4.71. The van der Waals surface area contributed by atoms with E-state index in [0.717, 1.165) is 17.7 Å². The summed E-state index contributed by atoms with van der Waals surface area (Å²) in [6.07, 6.45) is 2.10. The van der Waals surface area contributed by atoms with Gasteiger partial charge in [-0.25, -0.2) is 4.98 Å². The molecule has 0 radical (unpaired) electrons. The Morgan fingerprint density at radius 1 is 1.33 bits per heavy atom. The third-order valence-corrected chi connectivity index (χ3v) is 3.14. The average molecular weight is 287 g/mol. The zero-order valence-electron chi connectivity index (χ0n) is 12.0. The first-order valence-corrected chi connectivity index (χ1v) is 6.58. The molecule has 0 spiro atoms. The molecule has 0 saturated heterocycles. The van der Waals surface area contributed by atoms with Crippen LogP contribution in [0.1, 0.15) is 11.1 Å². The van der Waals surface area contributed by atoms with Crippen molar-refractivity contribution in [2.45, 2.75) is 13.3 Å². The van der Waals surface area contributed by atoms with Gasteiger partial charge in [0, 0.05) is 12.6 Å². The van der Waals surface area contributed by atoms with Crippen molar-refractivity contribution in [2.24, 2.45) is 0 Å². The number of nitrogens with zero attached hydrogens (tertiary/aromatic N) is 2. The number of aromatic nitrogens is 1. The fourth-order valence-corrected chi connectivity index (χ4v) is 1.96. The van der Waals surface area contributed by atoms with Crippen LogP contribution < -0.4 is 10.1 Å². The number of nitrogens with one attached hydrogen (secondary N) is 1. The molecule has 0 aliphatic carbocycles. The fourth-order valence-electron chi connectivity index (χ4n) is 1.96. The van der Waals surface area contributed by atoms with Crippen LogP contribution in [0.25, 0.3) is 0 Å². The lowest BCUT2D eigenvalue weighted by Crippen LogP contribution is -2.08. The molecule has 2 aromatic rings. The first kappa shape index (κ1) is 14.8. The Morgan fingerprint density at radius 3 is 2.62 bits per heavy atom. The zero-order valence-corrected chi connectivity index (χ0v) is 12.0. The standard InChI is InChI=1S/C15H17N3O3/c1-11-9-13(18(19)20)10-17-15(11)16-8-7-12-3-5-14(21-2)6-4-12/h3-6,9-10H,7-8H2,1-2H3,(H,16,17). The Morgan fingerprint density at radius 2 is 2.05 bits per heavy atom. The zero-order chi connectivity index (χ0) is 15.2. The number of hydrogen-bond acceptors (Lipinski definition) is 5. The third kappa shape index (κ3) is 3.92. The molecule has 0 aliphatic heterocycles. The molecule has 0 amide bonds. The summed E-state index contributed by atoms with van der Waals surface area (Å²) in [6.45, 7) is 2.51. The highest BCUT2D eigenvalue weighted by Crippen LogP contribution is 2.18. The van der Waals surface area contributed by atoms with Crippen molar-refractivity contribution in [3.05, 3.63) is 57.8 Å². The van der Waals surface area contributed by atoms with Gasteiger partial charge in [-0.15, -0.1) is 0 Å². The van der Waals surface area contributed by atoms with Crippen molar-refractivity contribution >= 4 is 11.5 Å². The van der Waals surface area contributed by atoms with Crippen LogP contribution in [-0.4, -0.2) is 23.6 Å². The molecule has 6 heteroatoms. The van der Waals surface area contributed by atoms with Crippen molar-refractivity contribution in [1.82, 2.24) is 4.98 Å². The van der Waals surface area contributed by atoms with Crippen molar-refractivity contribution < 1.29 is 9.66 Å². The smallest absolute Gasteiger partial charge is 0.287 e. The van der Waals surface area contributed by atoms with Gasteiger partial charge in [0.15, 0.2) is 0 Å². The Hall–Kier alpha value is -2.63. The van der Waals surface area contributed by atoms with E-state index in [0.29, 0.717) is 12.4 Å². The van der Waals surface area contributed by atoms with Crippen LogP contribution in [-0.2, 0) is 6.42 Å². The van der Waals surface area contributed by atoms with E-state index in [4.69, 9.17) is 4.74 Å². The number of benzene rings is 1. The van der Waals surface area contributed by atoms with E-state index >= 15 is 0 Å². The molecule has 0 bridgehead atoms. The van der Waals surface area contributed by atoms with E-state index in [2.05, 4.69) is 10.3 Å². The molecule has 1 N–H and O–H groups in total. The van der Waals surface area contributed by atoms with Crippen LogP contribution in [0.5, 0.6) is 5.75 Å². The lowest BCUT2D eigenvalue weighted by atomic mass is 10.1. The van der Waals surface area contributed by atoms with Crippen LogP contribution in [0.15, 0.2) is 36.5 Å². The molecule has 0 saturated carbocycles. The van der Waals surface area contributed by atoms with Gasteiger partial charge in [-0.3, -0.25) is 10.1 Å². The molecule has 0 aliphatic rings. The second-order valence-corrected chi connectivity index (χ2v) is 4.64. The van der Waals surface area contributed by atoms with Gasteiger partial charge in [0.2, 0.25) is 0 Å². The molecule has 21 heavy (non-hydrogen) atoms. The van der Waals surface area contributed by atoms with Gasteiger partial charge < -0.3 is 10.1 Å². The molecule has 0 unspecified atom stereocenters. The van der Waals surface area contributed by atoms with E-state index in [1.54, 1.807) is 14.0 Å². The van der Waals surface area contributed by atoms with Crippen molar-refractivity contribution in [3.63, 3.8) is 0 Å². The molecule has 2 rings (SSSR count). The van der Waals surface area contributed by atoms with Gasteiger partial charge >= 0.3 is 0 Å². The number of ether oxygens (including phenoxy) is 1. The van der Waals surface area contributed by atoms with Gasteiger partial charge in [-0.2, -0.15) is 0 Å². The fraction of sp³-hybridized carbons (Fsp3) is 0.267. The van der Waals surface area contributed by atoms with Gasteiger partial charge in [0.1, 0.15) is 17.8 Å². The van der Waals surface area contributed by atoms with Gasteiger partial charge in [0.05, 0.1) is 12.0 Å². The topological polar surface area (TPSA) is 77.3 Å². The number of hydrogen-bond donors (Lipinski definition) is 1. The van der Waals surface area contributed by atoms with Crippen molar-refractivity contribution in [2.75, 3.05) is 19.0 Å². The lowest BCUT2D eigenvalue weighted by molar-refractivity contribution is -0.385.